The molecule has 1 N–H and O–H groups in total. The van der Waals surface area contributed by atoms with Gasteiger partial charge >= 0.3 is 0 Å². The SMILES string of the molecule is CCOc1cc(CN2C(=O)c3ccc(N4CCN(C5CCN(CCN6CCC(c7ccc(C8CCC(=O)NC8=O)cc7)CC6)CC5)CC4)cc3C2=O)ccc1OC. The topological polar surface area (TPSA) is 115 Å². The third-order valence-electron chi connectivity index (χ3n) is 12.9. The second-order valence-corrected chi connectivity index (χ2v) is 16.2. The Morgan fingerprint density at radius 1 is 0.684 bits per heavy atom. The van der Waals surface area contributed by atoms with Gasteiger partial charge in [-0.2, -0.15) is 0 Å². The third-order valence-corrected chi connectivity index (χ3v) is 12.9. The molecule has 3 aromatic rings. The van der Waals surface area contributed by atoms with E-state index in [4.69, 9.17) is 9.47 Å². The van der Waals surface area contributed by atoms with Crippen molar-refractivity contribution in [3.63, 3.8) is 0 Å². The van der Waals surface area contributed by atoms with Gasteiger partial charge in [0.25, 0.3) is 11.8 Å². The van der Waals surface area contributed by atoms with Crippen molar-refractivity contribution in [2.45, 2.75) is 69.9 Å². The lowest BCUT2D eigenvalue weighted by molar-refractivity contribution is -0.134. The van der Waals surface area contributed by atoms with Crippen molar-refractivity contribution < 1.29 is 28.7 Å². The number of fused-ring (bicyclic) bond motifs is 1. The molecule has 0 saturated carbocycles. The fraction of sp³-hybridized carbons (Fsp3) is 0.511. The molecule has 0 radical (unpaired) electrons. The summed E-state index contributed by atoms with van der Waals surface area (Å²) in [5.41, 5.74) is 5.12. The molecule has 57 heavy (non-hydrogen) atoms. The molecule has 3 aromatic carbocycles. The van der Waals surface area contributed by atoms with Crippen LogP contribution in [0.4, 0.5) is 5.69 Å². The number of carbonyl (C=O) groups excluding carboxylic acids is 4. The number of hydrogen-bond donors (Lipinski definition) is 1. The number of hydrogen-bond acceptors (Lipinski definition) is 10. The number of likely N-dealkylation sites (tertiary alicyclic amines) is 2. The summed E-state index contributed by atoms with van der Waals surface area (Å²) in [4.78, 5) is 62.3. The maximum Gasteiger partial charge on any atom is 0.261 e. The van der Waals surface area contributed by atoms with Crippen LogP contribution in [0.1, 0.15) is 94.7 Å². The molecule has 1 unspecified atom stereocenters. The van der Waals surface area contributed by atoms with Gasteiger partial charge in [-0.1, -0.05) is 30.3 Å². The largest absolute Gasteiger partial charge is 0.493 e. The minimum atomic E-state index is -0.260. The molecular formula is C45H56N6O6. The Morgan fingerprint density at radius 3 is 2.02 bits per heavy atom. The highest BCUT2D eigenvalue weighted by atomic mass is 16.5. The first-order valence-corrected chi connectivity index (χ1v) is 20.9. The van der Waals surface area contributed by atoms with Crippen molar-refractivity contribution in [3.05, 3.63) is 88.5 Å². The lowest BCUT2D eigenvalue weighted by atomic mass is 9.86. The average Bonchev–Trinajstić information content (AvgIpc) is 3.47. The van der Waals surface area contributed by atoms with Gasteiger partial charge in [-0.3, -0.25) is 34.3 Å². The number of nitrogens with zero attached hydrogens (tertiary/aromatic N) is 5. The Bertz CT molecular complexity index is 1950. The van der Waals surface area contributed by atoms with Crippen molar-refractivity contribution in [1.82, 2.24) is 24.9 Å². The Morgan fingerprint density at radius 2 is 1.35 bits per heavy atom. The molecule has 5 aliphatic rings. The van der Waals surface area contributed by atoms with Crippen LogP contribution in [0, 0.1) is 0 Å². The minimum Gasteiger partial charge on any atom is -0.493 e. The number of amides is 4. The highest BCUT2D eigenvalue weighted by Gasteiger charge is 2.37. The number of piperidine rings is 3. The van der Waals surface area contributed by atoms with Gasteiger partial charge in [0, 0.05) is 57.4 Å². The lowest BCUT2D eigenvalue weighted by Crippen LogP contribution is -2.53. The van der Waals surface area contributed by atoms with E-state index < -0.39 is 0 Å². The van der Waals surface area contributed by atoms with Crippen LogP contribution in [0.3, 0.4) is 0 Å². The summed E-state index contributed by atoms with van der Waals surface area (Å²) in [6.07, 6.45) is 5.71. The van der Waals surface area contributed by atoms with Crippen LogP contribution >= 0.6 is 0 Å². The molecular weight excluding hydrogens is 721 g/mol. The maximum atomic E-state index is 13.5. The van der Waals surface area contributed by atoms with Gasteiger partial charge in [-0.15, -0.1) is 0 Å². The number of piperazine rings is 1. The van der Waals surface area contributed by atoms with Gasteiger partial charge in [0.15, 0.2) is 11.5 Å². The molecule has 4 saturated heterocycles. The van der Waals surface area contributed by atoms with Gasteiger partial charge in [-0.25, -0.2) is 0 Å². The Hall–Kier alpha value is -4.78. The molecule has 4 fully saturated rings. The predicted octanol–water partition coefficient (Wildman–Crippen LogP) is 4.88. The predicted molar refractivity (Wildman–Crippen MR) is 218 cm³/mol. The molecule has 12 nitrogen and oxygen atoms in total. The quantitative estimate of drug-likeness (QED) is 0.256. The van der Waals surface area contributed by atoms with Crippen LogP contribution in [0.2, 0.25) is 0 Å². The number of methoxy groups -OCH3 is 1. The first-order chi connectivity index (χ1) is 27.8. The van der Waals surface area contributed by atoms with Crippen LogP contribution in [0.15, 0.2) is 60.7 Å². The van der Waals surface area contributed by atoms with Gasteiger partial charge in [-0.05, 0) is 118 Å². The van der Waals surface area contributed by atoms with E-state index in [1.807, 2.05) is 43.3 Å². The molecule has 0 aromatic heterocycles. The Balaban J connectivity index is 0.752. The molecule has 1 atom stereocenters. The fourth-order valence-electron chi connectivity index (χ4n) is 9.53. The number of carbonyl (C=O) groups is 4. The van der Waals surface area contributed by atoms with E-state index in [9.17, 15) is 19.2 Å². The fourth-order valence-corrected chi connectivity index (χ4v) is 9.53. The van der Waals surface area contributed by atoms with E-state index in [0.717, 1.165) is 95.1 Å². The summed E-state index contributed by atoms with van der Waals surface area (Å²) in [6, 6.07) is 20.4. The standard InChI is InChI=1S/C45H56N6O6/c1-3-57-41-28-31(4-12-40(41)56-2)30-51-44(54)38-10-9-36(29-39(38)45(51)55)50-26-24-49(25-27-50)35-16-20-48(21-17-35)23-22-47-18-14-33(15-19-47)32-5-7-34(8-6-32)37-11-13-42(52)46-43(37)53/h4-10,12,28-29,33,35,37H,3,11,13-27,30H2,1-2H3,(H,46,52,53). The number of rotatable bonds is 12. The molecule has 8 rings (SSSR count). The molecule has 0 spiro atoms. The number of anilines is 1. The number of benzene rings is 3. The van der Waals surface area contributed by atoms with Crippen molar-refractivity contribution in [2.24, 2.45) is 0 Å². The van der Waals surface area contributed by atoms with E-state index in [1.54, 1.807) is 7.11 Å². The van der Waals surface area contributed by atoms with Crippen LogP contribution in [-0.2, 0) is 16.1 Å². The van der Waals surface area contributed by atoms with E-state index in [1.165, 1.54) is 23.3 Å². The normalized spacial score (nSPS) is 21.9. The monoisotopic (exact) mass is 776 g/mol. The molecule has 0 bridgehead atoms. The zero-order chi connectivity index (χ0) is 39.5. The van der Waals surface area contributed by atoms with Crippen LogP contribution in [0.5, 0.6) is 11.5 Å². The average molecular weight is 777 g/mol. The molecule has 0 aliphatic carbocycles. The van der Waals surface area contributed by atoms with Crippen molar-refractivity contribution in [2.75, 3.05) is 84.1 Å². The third kappa shape index (κ3) is 8.59. The van der Waals surface area contributed by atoms with E-state index in [-0.39, 0.29) is 36.1 Å². The smallest absolute Gasteiger partial charge is 0.261 e. The zero-order valence-electron chi connectivity index (χ0n) is 33.4. The lowest BCUT2D eigenvalue weighted by Gasteiger charge is -2.43. The first kappa shape index (κ1) is 39.1. The Kier molecular flexibility index (Phi) is 11.9. The summed E-state index contributed by atoms with van der Waals surface area (Å²) < 4.78 is 11.1. The number of nitrogens with one attached hydrogen (secondary N) is 1. The van der Waals surface area contributed by atoms with E-state index >= 15 is 0 Å². The Labute approximate surface area is 336 Å². The summed E-state index contributed by atoms with van der Waals surface area (Å²) in [7, 11) is 1.59. The molecule has 302 valence electrons. The minimum absolute atomic E-state index is 0.169. The number of imide groups is 2. The van der Waals surface area contributed by atoms with Gasteiger partial charge in [0.1, 0.15) is 0 Å². The van der Waals surface area contributed by atoms with Crippen molar-refractivity contribution in [3.8, 4) is 11.5 Å². The number of ether oxygens (including phenoxy) is 2. The molecule has 5 aliphatic heterocycles. The van der Waals surface area contributed by atoms with Gasteiger partial charge in [0.2, 0.25) is 11.8 Å². The summed E-state index contributed by atoms with van der Waals surface area (Å²) in [5.74, 6) is 0.695. The molecule has 12 heteroatoms. The van der Waals surface area contributed by atoms with Crippen molar-refractivity contribution >= 4 is 29.3 Å². The second-order valence-electron chi connectivity index (χ2n) is 16.2. The zero-order valence-corrected chi connectivity index (χ0v) is 33.4. The summed E-state index contributed by atoms with van der Waals surface area (Å²) >= 11 is 0. The molecule has 4 amide bonds. The highest BCUT2D eigenvalue weighted by molar-refractivity contribution is 6.21. The van der Waals surface area contributed by atoms with Crippen molar-refractivity contribution in [1.29, 1.82) is 0 Å². The summed E-state index contributed by atoms with van der Waals surface area (Å²) in [5, 5.41) is 2.48. The molecule has 5 heterocycles. The van der Waals surface area contributed by atoms with Crippen LogP contribution in [0.25, 0.3) is 0 Å². The van der Waals surface area contributed by atoms with Crippen LogP contribution in [-0.4, -0.2) is 128 Å². The van der Waals surface area contributed by atoms with Gasteiger partial charge in [0.05, 0.1) is 37.3 Å². The van der Waals surface area contributed by atoms with E-state index in [2.05, 4.69) is 49.2 Å². The maximum absolute atomic E-state index is 13.5. The highest BCUT2D eigenvalue weighted by Crippen LogP contribution is 2.34. The second kappa shape index (κ2) is 17.4. The van der Waals surface area contributed by atoms with E-state index in [0.29, 0.717) is 54.0 Å². The van der Waals surface area contributed by atoms with Crippen LogP contribution < -0.4 is 19.7 Å². The first-order valence-electron chi connectivity index (χ1n) is 20.9. The van der Waals surface area contributed by atoms with Gasteiger partial charge < -0.3 is 24.2 Å². The summed E-state index contributed by atoms with van der Waals surface area (Å²) in [6.45, 7) is 13.1.